The van der Waals surface area contributed by atoms with Crippen LogP contribution in [0.25, 0.3) is 0 Å². The highest BCUT2D eigenvalue weighted by Crippen LogP contribution is 2.32. The van der Waals surface area contributed by atoms with Crippen molar-refractivity contribution in [1.82, 2.24) is 4.31 Å². The normalized spacial score (nSPS) is 27.1. The number of anilines is 1. The number of nitrogens with one attached hydrogen (secondary N) is 1. The molecule has 2 aliphatic heterocycles. The molecule has 2 unspecified atom stereocenters. The Kier molecular flexibility index (Phi) is 3.50. The van der Waals surface area contributed by atoms with E-state index in [1.807, 2.05) is 26.0 Å². The van der Waals surface area contributed by atoms with Gasteiger partial charge >= 0.3 is 0 Å². The molecule has 2 aliphatic rings. The molecule has 3 rings (SSSR count). The standard InChI is InChI=1S/C15H22N2O2S/c1-11-4-3-5-12(2)17(11)20(18,19)14-6-7-15-13(10-14)8-9-16-15/h6-7,10-12,16H,3-5,8-9H2,1-2H3. The van der Waals surface area contributed by atoms with Gasteiger partial charge < -0.3 is 5.32 Å². The summed E-state index contributed by atoms with van der Waals surface area (Å²) in [6.45, 7) is 4.93. The quantitative estimate of drug-likeness (QED) is 0.912. The number of piperidine rings is 1. The summed E-state index contributed by atoms with van der Waals surface area (Å²) in [5, 5.41) is 3.27. The van der Waals surface area contributed by atoms with Crippen LogP contribution in [0.5, 0.6) is 0 Å². The fourth-order valence-corrected chi connectivity index (χ4v) is 5.37. The van der Waals surface area contributed by atoms with Crippen molar-refractivity contribution in [2.45, 2.75) is 56.5 Å². The van der Waals surface area contributed by atoms with Gasteiger partial charge in [0.05, 0.1) is 4.90 Å². The first-order chi connectivity index (χ1) is 9.50. The van der Waals surface area contributed by atoms with E-state index in [-0.39, 0.29) is 12.1 Å². The van der Waals surface area contributed by atoms with Crippen molar-refractivity contribution in [1.29, 1.82) is 0 Å². The molecule has 0 amide bonds. The molecule has 2 atom stereocenters. The molecule has 0 aliphatic carbocycles. The van der Waals surface area contributed by atoms with Crippen molar-refractivity contribution < 1.29 is 8.42 Å². The van der Waals surface area contributed by atoms with Crippen molar-refractivity contribution in [3.63, 3.8) is 0 Å². The maximum Gasteiger partial charge on any atom is 0.243 e. The molecule has 0 saturated carbocycles. The molecule has 2 heterocycles. The number of fused-ring (bicyclic) bond motifs is 1. The summed E-state index contributed by atoms with van der Waals surface area (Å²) in [5.41, 5.74) is 2.19. The number of benzene rings is 1. The predicted octanol–water partition coefficient (Wildman–Crippen LogP) is 2.61. The summed E-state index contributed by atoms with van der Waals surface area (Å²) in [5.74, 6) is 0. The second-order valence-corrected chi connectivity index (χ2v) is 7.80. The van der Waals surface area contributed by atoms with Gasteiger partial charge in [0, 0.05) is 24.3 Å². The minimum absolute atomic E-state index is 0.0927. The zero-order chi connectivity index (χ0) is 14.3. The van der Waals surface area contributed by atoms with E-state index in [0.29, 0.717) is 4.90 Å². The summed E-state index contributed by atoms with van der Waals surface area (Å²) in [7, 11) is -3.38. The number of hydrogen-bond acceptors (Lipinski definition) is 3. The number of hydrogen-bond donors (Lipinski definition) is 1. The van der Waals surface area contributed by atoms with Crippen LogP contribution in [0.1, 0.15) is 38.7 Å². The van der Waals surface area contributed by atoms with E-state index < -0.39 is 10.0 Å². The van der Waals surface area contributed by atoms with Crippen molar-refractivity contribution in [3.05, 3.63) is 23.8 Å². The van der Waals surface area contributed by atoms with Crippen LogP contribution in [0.15, 0.2) is 23.1 Å². The van der Waals surface area contributed by atoms with E-state index in [4.69, 9.17) is 0 Å². The highest BCUT2D eigenvalue weighted by Gasteiger charge is 2.35. The average molecular weight is 294 g/mol. The Hall–Kier alpha value is -1.07. The van der Waals surface area contributed by atoms with Gasteiger partial charge in [-0.1, -0.05) is 6.42 Å². The van der Waals surface area contributed by atoms with E-state index >= 15 is 0 Å². The van der Waals surface area contributed by atoms with Crippen LogP contribution in [-0.2, 0) is 16.4 Å². The van der Waals surface area contributed by atoms with Crippen LogP contribution in [0.3, 0.4) is 0 Å². The smallest absolute Gasteiger partial charge is 0.243 e. The molecule has 0 bridgehead atoms. The molecule has 1 aromatic carbocycles. The van der Waals surface area contributed by atoms with E-state index in [0.717, 1.165) is 43.5 Å². The first-order valence-corrected chi connectivity index (χ1v) is 8.84. The molecule has 1 fully saturated rings. The molecule has 0 spiro atoms. The first kappa shape index (κ1) is 13.9. The third kappa shape index (κ3) is 2.23. The molecule has 0 aromatic heterocycles. The van der Waals surface area contributed by atoms with Crippen molar-refractivity contribution in [2.24, 2.45) is 0 Å². The maximum absolute atomic E-state index is 12.9. The lowest BCUT2D eigenvalue weighted by Crippen LogP contribution is -2.47. The van der Waals surface area contributed by atoms with Gasteiger partial charge in [0.15, 0.2) is 0 Å². The lowest BCUT2D eigenvalue weighted by molar-refractivity contribution is 0.204. The largest absolute Gasteiger partial charge is 0.384 e. The Bertz CT molecular complexity index is 602. The van der Waals surface area contributed by atoms with Crippen molar-refractivity contribution in [2.75, 3.05) is 11.9 Å². The highest BCUT2D eigenvalue weighted by atomic mass is 32.2. The molecule has 5 heteroatoms. The number of rotatable bonds is 2. The third-order valence-electron chi connectivity index (χ3n) is 4.47. The first-order valence-electron chi connectivity index (χ1n) is 7.40. The summed E-state index contributed by atoms with van der Waals surface area (Å²) < 4.78 is 27.5. The number of sulfonamides is 1. The Morgan fingerprint density at radius 3 is 2.60 bits per heavy atom. The van der Waals surface area contributed by atoms with Gasteiger partial charge in [-0.15, -0.1) is 0 Å². The van der Waals surface area contributed by atoms with E-state index in [1.54, 1.807) is 10.4 Å². The molecular weight excluding hydrogens is 272 g/mol. The Morgan fingerprint density at radius 2 is 1.90 bits per heavy atom. The van der Waals surface area contributed by atoms with Crippen LogP contribution >= 0.6 is 0 Å². The minimum Gasteiger partial charge on any atom is -0.384 e. The molecule has 1 N–H and O–H groups in total. The summed E-state index contributed by atoms with van der Waals surface area (Å²) in [6, 6.07) is 5.67. The van der Waals surface area contributed by atoms with Crippen LogP contribution in [0.2, 0.25) is 0 Å². The monoisotopic (exact) mass is 294 g/mol. The molecule has 0 radical (unpaired) electrons. The lowest BCUT2D eigenvalue weighted by Gasteiger charge is -2.37. The fourth-order valence-electron chi connectivity index (χ4n) is 3.43. The van der Waals surface area contributed by atoms with Crippen LogP contribution in [0, 0.1) is 0 Å². The summed E-state index contributed by atoms with van der Waals surface area (Å²) in [4.78, 5) is 0.445. The van der Waals surface area contributed by atoms with E-state index in [2.05, 4.69) is 5.32 Å². The van der Waals surface area contributed by atoms with E-state index in [9.17, 15) is 8.42 Å². The molecule has 4 nitrogen and oxygen atoms in total. The van der Waals surface area contributed by atoms with Crippen LogP contribution in [0.4, 0.5) is 5.69 Å². The second kappa shape index (κ2) is 5.04. The van der Waals surface area contributed by atoms with Gasteiger partial charge in [-0.25, -0.2) is 8.42 Å². The van der Waals surface area contributed by atoms with Gasteiger partial charge in [-0.3, -0.25) is 0 Å². The minimum atomic E-state index is -3.38. The lowest BCUT2D eigenvalue weighted by atomic mass is 10.0. The van der Waals surface area contributed by atoms with Crippen molar-refractivity contribution in [3.8, 4) is 0 Å². The van der Waals surface area contributed by atoms with Crippen LogP contribution in [-0.4, -0.2) is 31.4 Å². The van der Waals surface area contributed by atoms with E-state index in [1.165, 1.54) is 0 Å². The zero-order valence-electron chi connectivity index (χ0n) is 12.1. The molecule has 1 aromatic rings. The topological polar surface area (TPSA) is 49.4 Å². The predicted molar refractivity (Wildman–Crippen MR) is 80.4 cm³/mol. The number of nitrogens with zero attached hydrogens (tertiary/aromatic N) is 1. The van der Waals surface area contributed by atoms with Gasteiger partial charge in [0.1, 0.15) is 0 Å². The zero-order valence-corrected chi connectivity index (χ0v) is 12.9. The Balaban J connectivity index is 1.99. The summed E-state index contributed by atoms with van der Waals surface area (Å²) >= 11 is 0. The molecule has 20 heavy (non-hydrogen) atoms. The Labute approximate surface area is 121 Å². The van der Waals surface area contributed by atoms with Gasteiger partial charge in [-0.2, -0.15) is 4.31 Å². The summed E-state index contributed by atoms with van der Waals surface area (Å²) in [6.07, 6.45) is 3.93. The second-order valence-electron chi connectivity index (χ2n) is 5.96. The highest BCUT2D eigenvalue weighted by molar-refractivity contribution is 7.89. The fraction of sp³-hybridized carbons (Fsp3) is 0.600. The Morgan fingerprint density at radius 1 is 1.20 bits per heavy atom. The SMILES string of the molecule is CC1CCCC(C)N1S(=O)(=O)c1ccc2c(c1)CCN2. The molecular formula is C15H22N2O2S. The van der Waals surface area contributed by atoms with Gasteiger partial charge in [0.2, 0.25) is 10.0 Å². The third-order valence-corrected chi connectivity index (χ3v) is 6.60. The molecule has 1 saturated heterocycles. The average Bonchev–Trinajstić information content (AvgIpc) is 2.85. The van der Waals surface area contributed by atoms with Crippen LogP contribution < -0.4 is 5.32 Å². The van der Waals surface area contributed by atoms with Crippen molar-refractivity contribution >= 4 is 15.7 Å². The maximum atomic E-state index is 12.9. The molecule has 110 valence electrons. The van der Waals surface area contributed by atoms with Gasteiger partial charge in [-0.05, 0) is 56.9 Å². The van der Waals surface area contributed by atoms with Gasteiger partial charge in [0.25, 0.3) is 0 Å².